The molecule has 0 aromatic heterocycles. The number of rotatable bonds is 4. The van der Waals surface area contributed by atoms with Gasteiger partial charge in [-0.05, 0) is 26.0 Å². The van der Waals surface area contributed by atoms with Gasteiger partial charge in [-0.2, -0.15) is 0 Å². The molecule has 19 heavy (non-hydrogen) atoms. The van der Waals surface area contributed by atoms with Crippen molar-refractivity contribution in [3.05, 3.63) is 34.4 Å². The van der Waals surface area contributed by atoms with Gasteiger partial charge in [-0.15, -0.1) is 0 Å². The Morgan fingerprint density at radius 1 is 1.47 bits per heavy atom. The summed E-state index contributed by atoms with van der Waals surface area (Å²) in [5.74, 6) is 0.609. The minimum atomic E-state index is -0.430. The zero-order valence-corrected chi connectivity index (χ0v) is 11.1. The Kier molecular flexibility index (Phi) is 4.01. The summed E-state index contributed by atoms with van der Waals surface area (Å²) < 4.78 is 11.4. The minimum absolute atomic E-state index is 0.0149. The van der Waals surface area contributed by atoms with Gasteiger partial charge >= 0.3 is 0 Å². The summed E-state index contributed by atoms with van der Waals surface area (Å²) >= 11 is 0. The SMILES string of the molecule is CC1(C)CNCC(COc2ccc([N+](=O)[O-])cc2)O1. The van der Waals surface area contributed by atoms with Crippen molar-refractivity contribution in [2.24, 2.45) is 0 Å². The predicted octanol–water partition coefficient (Wildman–Crippen LogP) is 1.74. The highest BCUT2D eigenvalue weighted by Gasteiger charge is 2.28. The Labute approximate surface area is 111 Å². The minimum Gasteiger partial charge on any atom is -0.491 e. The number of nitrogens with one attached hydrogen (secondary N) is 1. The van der Waals surface area contributed by atoms with E-state index in [-0.39, 0.29) is 17.4 Å². The van der Waals surface area contributed by atoms with Gasteiger partial charge in [0, 0.05) is 25.2 Å². The van der Waals surface area contributed by atoms with Crippen molar-refractivity contribution in [2.75, 3.05) is 19.7 Å². The lowest BCUT2D eigenvalue weighted by atomic mass is 10.1. The predicted molar refractivity (Wildman–Crippen MR) is 70.4 cm³/mol. The molecule has 0 bridgehead atoms. The molecule has 0 amide bonds. The number of hydrogen-bond donors (Lipinski definition) is 1. The zero-order chi connectivity index (χ0) is 13.9. The lowest BCUT2D eigenvalue weighted by Gasteiger charge is -2.36. The van der Waals surface area contributed by atoms with Crippen LogP contribution in [0.25, 0.3) is 0 Å². The van der Waals surface area contributed by atoms with Gasteiger partial charge in [0.15, 0.2) is 0 Å². The van der Waals surface area contributed by atoms with Crippen LogP contribution < -0.4 is 10.1 Å². The molecule has 1 aliphatic rings. The summed E-state index contributed by atoms with van der Waals surface area (Å²) in [4.78, 5) is 10.1. The van der Waals surface area contributed by atoms with Gasteiger partial charge in [0.05, 0.1) is 10.5 Å². The van der Waals surface area contributed by atoms with E-state index in [9.17, 15) is 10.1 Å². The summed E-state index contributed by atoms with van der Waals surface area (Å²) in [5.41, 5.74) is -0.133. The molecule has 1 aliphatic heterocycles. The van der Waals surface area contributed by atoms with Crippen LogP contribution in [0.5, 0.6) is 5.75 Å². The van der Waals surface area contributed by atoms with Crippen molar-refractivity contribution in [1.29, 1.82) is 0 Å². The van der Waals surface area contributed by atoms with Crippen LogP contribution in [0.15, 0.2) is 24.3 Å². The van der Waals surface area contributed by atoms with Crippen LogP contribution in [0.3, 0.4) is 0 Å². The summed E-state index contributed by atoms with van der Waals surface area (Å²) in [6, 6.07) is 6.05. The Morgan fingerprint density at radius 2 is 2.16 bits per heavy atom. The molecule has 0 aliphatic carbocycles. The molecule has 6 heteroatoms. The van der Waals surface area contributed by atoms with Gasteiger partial charge in [-0.1, -0.05) is 0 Å². The van der Waals surface area contributed by atoms with E-state index >= 15 is 0 Å². The van der Waals surface area contributed by atoms with E-state index in [0.29, 0.717) is 12.4 Å². The topological polar surface area (TPSA) is 73.6 Å². The standard InChI is InChI=1S/C13H18N2O4/c1-13(2)9-14-7-12(19-13)8-18-11-5-3-10(4-6-11)15(16)17/h3-6,12,14H,7-9H2,1-2H3. The summed E-state index contributed by atoms with van der Waals surface area (Å²) in [6.45, 7) is 6.04. The fraction of sp³-hybridized carbons (Fsp3) is 0.538. The maximum Gasteiger partial charge on any atom is 0.269 e. The maximum absolute atomic E-state index is 10.5. The number of hydrogen-bond acceptors (Lipinski definition) is 5. The maximum atomic E-state index is 10.5. The number of nitro benzene ring substituents is 1. The zero-order valence-electron chi connectivity index (χ0n) is 11.1. The Hall–Kier alpha value is -1.66. The van der Waals surface area contributed by atoms with Crippen LogP contribution in [-0.2, 0) is 4.74 Å². The fourth-order valence-electron chi connectivity index (χ4n) is 2.01. The third-order valence-electron chi connectivity index (χ3n) is 2.89. The molecule has 0 spiro atoms. The number of ether oxygens (including phenoxy) is 2. The number of benzene rings is 1. The highest BCUT2D eigenvalue weighted by Crippen LogP contribution is 2.19. The monoisotopic (exact) mass is 266 g/mol. The Bertz CT molecular complexity index is 444. The molecule has 1 atom stereocenters. The lowest BCUT2D eigenvalue weighted by Crippen LogP contribution is -2.52. The van der Waals surface area contributed by atoms with Crippen LogP contribution in [-0.4, -0.2) is 36.3 Å². The van der Waals surface area contributed by atoms with Gasteiger partial charge in [0.2, 0.25) is 0 Å². The van der Waals surface area contributed by atoms with Crippen molar-refractivity contribution < 1.29 is 14.4 Å². The molecule has 1 aromatic rings. The molecule has 0 radical (unpaired) electrons. The quantitative estimate of drug-likeness (QED) is 0.663. The highest BCUT2D eigenvalue weighted by molar-refractivity contribution is 5.35. The van der Waals surface area contributed by atoms with Crippen LogP contribution in [0.1, 0.15) is 13.8 Å². The summed E-state index contributed by atoms with van der Waals surface area (Å²) in [7, 11) is 0. The van der Waals surface area contributed by atoms with E-state index in [2.05, 4.69) is 5.32 Å². The van der Waals surface area contributed by atoms with Gasteiger partial charge in [-0.3, -0.25) is 10.1 Å². The number of non-ortho nitro benzene ring substituents is 1. The van der Waals surface area contributed by atoms with E-state index in [1.807, 2.05) is 13.8 Å². The molecule has 1 N–H and O–H groups in total. The van der Waals surface area contributed by atoms with Crippen LogP contribution in [0.2, 0.25) is 0 Å². The van der Waals surface area contributed by atoms with E-state index < -0.39 is 4.92 Å². The van der Waals surface area contributed by atoms with Gasteiger partial charge in [-0.25, -0.2) is 0 Å². The summed E-state index contributed by atoms with van der Waals surface area (Å²) in [5, 5.41) is 13.8. The summed E-state index contributed by atoms with van der Waals surface area (Å²) in [6.07, 6.45) is -0.0149. The Morgan fingerprint density at radius 3 is 2.74 bits per heavy atom. The average Bonchev–Trinajstić information content (AvgIpc) is 2.36. The number of nitrogens with zero attached hydrogens (tertiary/aromatic N) is 1. The van der Waals surface area contributed by atoms with Crippen LogP contribution >= 0.6 is 0 Å². The normalized spacial score (nSPS) is 21.9. The van der Waals surface area contributed by atoms with Crippen LogP contribution in [0, 0.1) is 10.1 Å². The highest BCUT2D eigenvalue weighted by atomic mass is 16.6. The first-order chi connectivity index (χ1) is 8.96. The molecular formula is C13H18N2O4. The molecule has 2 rings (SSSR count). The van der Waals surface area contributed by atoms with E-state index in [1.54, 1.807) is 12.1 Å². The van der Waals surface area contributed by atoms with Crippen molar-refractivity contribution in [3.63, 3.8) is 0 Å². The van der Waals surface area contributed by atoms with E-state index in [0.717, 1.165) is 13.1 Å². The number of nitro groups is 1. The third-order valence-corrected chi connectivity index (χ3v) is 2.89. The van der Waals surface area contributed by atoms with Gasteiger partial charge < -0.3 is 14.8 Å². The van der Waals surface area contributed by atoms with Crippen LogP contribution in [0.4, 0.5) is 5.69 Å². The van der Waals surface area contributed by atoms with Crippen molar-refractivity contribution in [3.8, 4) is 5.75 Å². The van der Waals surface area contributed by atoms with E-state index in [1.165, 1.54) is 12.1 Å². The molecular weight excluding hydrogens is 248 g/mol. The second kappa shape index (κ2) is 5.54. The largest absolute Gasteiger partial charge is 0.491 e. The molecule has 104 valence electrons. The molecule has 1 saturated heterocycles. The second-order valence-corrected chi connectivity index (χ2v) is 5.19. The first kappa shape index (κ1) is 13.8. The van der Waals surface area contributed by atoms with E-state index in [4.69, 9.17) is 9.47 Å². The molecule has 1 heterocycles. The Balaban J connectivity index is 1.86. The van der Waals surface area contributed by atoms with Gasteiger partial charge in [0.1, 0.15) is 18.5 Å². The molecule has 1 unspecified atom stereocenters. The average molecular weight is 266 g/mol. The molecule has 6 nitrogen and oxygen atoms in total. The smallest absolute Gasteiger partial charge is 0.269 e. The van der Waals surface area contributed by atoms with Crippen molar-refractivity contribution in [2.45, 2.75) is 25.6 Å². The molecule has 1 fully saturated rings. The number of morpholine rings is 1. The first-order valence-electron chi connectivity index (χ1n) is 6.22. The van der Waals surface area contributed by atoms with Crippen molar-refractivity contribution >= 4 is 5.69 Å². The first-order valence-corrected chi connectivity index (χ1v) is 6.22. The third kappa shape index (κ3) is 3.90. The molecule has 0 saturated carbocycles. The molecule has 1 aromatic carbocycles. The fourth-order valence-corrected chi connectivity index (χ4v) is 2.01. The van der Waals surface area contributed by atoms with Crippen molar-refractivity contribution in [1.82, 2.24) is 5.32 Å². The van der Waals surface area contributed by atoms with Gasteiger partial charge in [0.25, 0.3) is 5.69 Å². The lowest BCUT2D eigenvalue weighted by molar-refractivity contribution is -0.384. The second-order valence-electron chi connectivity index (χ2n) is 5.19.